The van der Waals surface area contributed by atoms with Gasteiger partial charge in [0.2, 0.25) is 6.79 Å². The lowest BCUT2D eigenvalue weighted by molar-refractivity contribution is -0.142. The summed E-state index contributed by atoms with van der Waals surface area (Å²) in [5, 5.41) is 5.31. The topological polar surface area (TPSA) is 85.9 Å². The van der Waals surface area contributed by atoms with Gasteiger partial charge in [-0.1, -0.05) is 30.3 Å². The average molecular weight is 342 g/mol. The molecule has 1 heterocycles. The van der Waals surface area contributed by atoms with Gasteiger partial charge in [0.15, 0.2) is 11.5 Å². The summed E-state index contributed by atoms with van der Waals surface area (Å²) in [6.45, 7) is 0.159. The molecule has 130 valence electrons. The fourth-order valence-electron chi connectivity index (χ4n) is 2.49. The van der Waals surface area contributed by atoms with E-state index < -0.39 is 18.0 Å². The van der Waals surface area contributed by atoms with Crippen molar-refractivity contribution >= 4 is 17.7 Å². The molecule has 3 rings (SSSR count). The Morgan fingerprint density at radius 3 is 2.64 bits per heavy atom. The Balaban J connectivity index is 1.64. The molecule has 0 saturated heterocycles. The molecular formula is C18H18N2O5. The molecule has 7 heteroatoms. The predicted molar refractivity (Wildman–Crippen MR) is 90.7 cm³/mol. The highest BCUT2D eigenvalue weighted by Crippen LogP contribution is 2.34. The number of amides is 2. The third-order valence-electron chi connectivity index (χ3n) is 3.70. The quantitative estimate of drug-likeness (QED) is 0.815. The van der Waals surface area contributed by atoms with Crippen molar-refractivity contribution in [2.75, 3.05) is 19.2 Å². The Morgan fingerprint density at radius 1 is 1.12 bits per heavy atom. The molecule has 2 N–H and O–H groups in total. The number of anilines is 1. The van der Waals surface area contributed by atoms with Crippen molar-refractivity contribution in [1.82, 2.24) is 5.32 Å². The number of benzene rings is 2. The molecule has 1 aliphatic rings. The first-order chi connectivity index (χ1) is 12.2. The van der Waals surface area contributed by atoms with Gasteiger partial charge in [-0.15, -0.1) is 0 Å². The Morgan fingerprint density at radius 2 is 1.88 bits per heavy atom. The summed E-state index contributed by atoms with van der Waals surface area (Å²) in [5.41, 5.74) is 1.45. The monoisotopic (exact) mass is 342 g/mol. The molecule has 1 atom stereocenters. The highest BCUT2D eigenvalue weighted by atomic mass is 16.7. The van der Waals surface area contributed by atoms with Gasteiger partial charge in [0, 0.05) is 18.2 Å². The second kappa shape index (κ2) is 7.57. The number of carbonyl (C=O) groups excluding carboxylic acids is 2. The lowest BCUT2D eigenvalue weighted by atomic mass is 10.1. The van der Waals surface area contributed by atoms with Gasteiger partial charge in [-0.2, -0.15) is 0 Å². The Bertz CT molecular complexity index is 763. The fraction of sp³-hybridized carbons (Fsp3) is 0.222. The molecule has 0 saturated carbocycles. The summed E-state index contributed by atoms with van der Waals surface area (Å²) in [5.74, 6) is 0.679. The number of rotatable bonds is 5. The second-order valence-electron chi connectivity index (χ2n) is 5.43. The summed E-state index contributed by atoms with van der Waals surface area (Å²) >= 11 is 0. The molecule has 0 radical (unpaired) electrons. The summed E-state index contributed by atoms with van der Waals surface area (Å²) < 4.78 is 15.3. The summed E-state index contributed by atoms with van der Waals surface area (Å²) in [4.78, 5) is 24.2. The van der Waals surface area contributed by atoms with E-state index in [1.165, 1.54) is 7.11 Å². The van der Waals surface area contributed by atoms with Gasteiger partial charge in [-0.25, -0.2) is 9.59 Å². The molecule has 0 aliphatic carbocycles. The number of carbonyl (C=O) groups is 2. The number of hydrogen-bond donors (Lipinski definition) is 2. The normalized spacial score (nSPS) is 13.0. The number of fused-ring (bicyclic) bond motifs is 1. The summed E-state index contributed by atoms with van der Waals surface area (Å²) in [6, 6.07) is 13.2. The summed E-state index contributed by atoms with van der Waals surface area (Å²) in [7, 11) is 1.29. The standard InChI is InChI=1S/C18H18N2O5/c1-23-17(21)14(9-12-5-3-2-4-6-12)20-18(22)19-13-7-8-15-16(10-13)25-11-24-15/h2-8,10,14H,9,11H2,1H3,(H2,19,20,22). The highest BCUT2D eigenvalue weighted by molar-refractivity contribution is 5.93. The molecule has 7 nitrogen and oxygen atoms in total. The average Bonchev–Trinajstić information content (AvgIpc) is 3.09. The van der Waals surface area contributed by atoms with Crippen LogP contribution in [0.1, 0.15) is 5.56 Å². The minimum absolute atomic E-state index is 0.159. The number of esters is 1. The zero-order valence-corrected chi connectivity index (χ0v) is 13.7. The van der Waals surface area contributed by atoms with E-state index in [0.29, 0.717) is 23.6 Å². The van der Waals surface area contributed by atoms with Crippen LogP contribution in [0.15, 0.2) is 48.5 Å². The van der Waals surface area contributed by atoms with Gasteiger partial charge in [-0.3, -0.25) is 0 Å². The Labute approximate surface area is 144 Å². The number of urea groups is 1. The third kappa shape index (κ3) is 4.20. The van der Waals surface area contributed by atoms with Crippen LogP contribution in [-0.2, 0) is 16.0 Å². The lowest BCUT2D eigenvalue weighted by Crippen LogP contribution is -2.45. The van der Waals surface area contributed by atoms with E-state index in [4.69, 9.17) is 14.2 Å². The first kappa shape index (κ1) is 16.6. The molecule has 0 bridgehead atoms. The van der Waals surface area contributed by atoms with Crippen LogP contribution in [-0.4, -0.2) is 31.9 Å². The van der Waals surface area contributed by atoms with E-state index >= 15 is 0 Å². The molecule has 2 aromatic carbocycles. The first-order valence-electron chi connectivity index (χ1n) is 7.74. The zero-order valence-electron chi connectivity index (χ0n) is 13.7. The summed E-state index contributed by atoms with van der Waals surface area (Å²) in [6.07, 6.45) is 0.335. The van der Waals surface area contributed by atoms with Gasteiger partial charge in [-0.05, 0) is 17.7 Å². The van der Waals surface area contributed by atoms with Crippen molar-refractivity contribution in [3.8, 4) is 11.5 Å². The fourth-order valence-corrected chi connectivity index (χ4v) is 2.49. The Hall–Kier alpha value is -3.22. The third-order valence-corrected chi connectivity index (χ3v) is 3.70. The molecule has 0 spiro atoms. The molecule has 2 aromatic rings. The minimum atomic E-state index is -0.790. The van der Waals surface area contributed by atoms with Gasteiger partial charge >= 0.3 is 12.0 Å². The number of hydrogen-bond acceptors (Lipinski definition) is 5. The SMILES string of the molecule is COC(=O)C(Cc1ccccc1)NC(=O)Nc1ccc2c(c1)OCO2. The molecule has 0 aromatic heterocycles. The van der Waals surface area contributed by atoms with Crippen LogP contribution in [0.5, 0.6) is 11.5 Å². The largest absolute Gasteiger partial charge is 0.467 e. The maximum absolute atomic E-state index is 12.2. The van der Waals surface area contributed by atoms with Crippen LogP contribution >= 0.6 is 0 Å². The van der Waals surface area contributed by atoms with E-state index in [1.807, 2.05) is 30.3 Å². The second-order valence-corrected chi connectivity index (χ2v) is 5.43. The first-order valence-corrected chi connectivity index (χ1v) is 7.74. The maximum Gasteiger partial charge on any atom is 0.328 e. The van der Waals surface area contributed by atoms with Crippen molar-refractivity contribution in [2.45, 2.75) is 12.5 Å². The molecule has 25 heavy (non-hydrogen) atoms. The minimum Gasteiger partial charge on any atom is -0.467 e. The number of ether oxygens (including phenoxy) is 3. The van der Waals surface area contributed by atoms with E-state index in [1.54, 1.807) is 18.2 Å². The molecule has 2 amide bonds. The van der Waals surface area contributed by atoms with Crippen molar-refractivity contribution < 1.29 is 23.8 Å². The van der Waals surface area contributed by atoms with E-state index in [2.05, 4.69) is 10.6 Å². The van der Waals surface area contributed by atoms with Crippen LogP contribution in [0, 0.1) is 0 Å². The van der Waals surface area contributed by atoms with Gasteiger partial charge in [0.05, 0.1) is 7.11 Å². The van der Waals surface area contributed by atoms with Crippen LogP contribution in [0.25, 0.3) is 0 Å². The van der Waals surface area contributed by atoms with Gasteiger partial charge in [0.25, 0.3) is 0 Å². The molecule has 1 unspecified atom stereocenters. The van der Waals surface area contributed by atoms with Crippen molar-refractivity contribution in [2.24, 2.45) is 0 Å². The zero-order chi connectivity index (χ0) is 17.6. The van der Waals surface area contributed by atoms with E-state index in [0.717, 1.165) is 5.56 Å². The van der Waals surface area contributed by atoms with Crippen molar-refractivity contribution in [3.05, 3.63) is 54.1 Å². The predicted octanol–water partition coefficient (Wildman–Crippen LogP) is 2.32. The maximum atomic E-state index is 12.2. The van der Waals surface area contributed by atoms with Crippen LogP contribution in [0.4, 0.5) is 10.5 Å². The smallest absolute Gasteiger partial charge is 0.328 e. The van der Waals surface area contributed by atoms with Crippen molar-refractivity contribution in [1.29, 1.82) is 0 Å². The van der Waals surface area contributed by atoms with E-state index in [-0.39, 0.29) is 6.79 Å². The Kier molecular flexibility index (Phi) is 5.03. The number of nitrogens with one attached hydrogen (secondary N) is 2. The molecule has 1 aliphatic heterocycles. The van der Waals surface area contributed by atoms with E-state index in [9.17, 15) is 9.59 Å². The van der Waals surface area contributed by atoms with Gasteiger partial charge < -0.3 is 24.8 Å². The number of methoxy groups -OCH3 is 1. The highest BCUT2D eigenvalue weighted by Gasteiger charge is 2.22. The molecular weight excluding hydrogens is 324 g/mol. The van der Waals surface area contributed by atoms with Crippen LogP contribution in [0.2, 0.25) is 0 Å². The molecule has 0 fully saturated rings. The van der Waals surface area contributed by atoms with Crippen molar-refractivity contribution in [3.63, 3.8) is 0 Å². The van der Waals surface area contributed by atoms with Crippen LogP contribution in [0.3, 0.4) is 0 Å². The van der Waals surface area contributed by atoms with Gasteiger partial charge in [0.1, 0.15) is 6.04 Å². The van der Waals surface area contributed by atoms with Crippen LogP contribution < -0.4 is 20.1 Å². The lowest BCUT2D eigenvalue weighted by Gasteiger charge is -2.17.